The van der Waals surface area contributed by atoms with E-state index in [1.807, 2.05) is 0 Å². The van der Waals surface area contributed by atoms with Gasteiger partial charge in [0.05, 0.1) is 0 Å². The highest BCUT2D eigenvalue weighted by Crippen LogP contribution is 2.07. The van der Waals surface area contributed by atoms with E-state index in [1.165, 1.54) is 0 Å². The second-order valence-corrected chi connectivity index (χ2v) is 3.39. The van der Waals surface area contributed by atoms with Crippen LogP contribution in [0, 0.1) is 0 Å². The molecule has 0 N–H and O–H groups in total. The number of hydrogen-bond acceptors (Lipinski definition) is 2. The van der Waals surface area contributed by atoms with Crippen LogP contribution in [0.25, 0.3) is 0 Å². The molecule has 0 heterocycles. The molecule has 4 heteroatoms. The van der Waals surface area contributed by atoms with E-state index in [-0.39, 0.29) is 6.42 Å². The van der Waals surface area contributed by atoms with Gasteiger partial charge in [0, 0.05) is 6.42 Å². The van der Waals surface area contributed by atoms with Crippen molar-refractivity contribution in [3.63, 3.8) is 0 Å². The lowest BCUT2D eigenvalue weighted by molar-refractivity contribution is 0.400. The first-order valence-corrected chi connectivity index (χ1v) is 4.60. The van der Waals surface area contributed by atoms with Gasteiger partial charge in [0.1, 0.15) is 0 Å². The molecule has 0 aliphatic carbocycles. The van der Waals surface area contributed by atoms with E-state index in [2.05, 4.69) is 0 Å². The summed E-state index contributed by atoms with van der Waals surface area (Å²) in [5, 5.41) is 0. The number of halogens is 1. The molecule has 0 spiro atoms. The highest BCUT2D eigenvalue weighted by atomic mass is 32.2. The number of alkyl halides is 1. The van der Waals surface area contributed by atoms with Crippen LogP contribution in [0.15, 0.2) is 30.3 Å². The lowest BCUT2D eigenvalue weighted by atomic mass is 10.2. The average molecular weight is 187 g/mol. The van der Waals surface area contributed by atoms with Crippen molar-refractivity contribution >= 4 is 11.1 Å². The van der Waals surface area contributed by atoms with Gasteiger partial charge in [-0.2, -0.15) is 0 Å². The Kier molecular flexibility index (Phi) is 3.37. The Bertz CT molecular complexity index is 263. The Morgan fingerprint density at radius 1 is 1.42 bits per heavy atom. The second-order valence-electron chi connectivity index (χ2n) is 2.36. The molecule has 2 unspecified atom stereocenters. The van der Waals surface area contributed by atoms with E-state index in [9.17, 15) is 13.2 Å². The molecule has 0 aliphatic heterocycles. The minimum atomic E-state index is -2.63. The van der Waals surface area contributed by atoms with Crippen molar-refractivity contribution in [1.29, 1.82) is 0 Å². The molecular formula is C8H8FO2S-. The smallest absolute Gasteiger partial charge is 0.165 e. The molecule has 1 aromatic rings. The van der Waals surface area contributed by atoms with Crippen LogP contribution in [0.5, 0.6) is 0 Å². The predicted octanol–water partition coefficient (Wildman–Crippen LogP) is 1.40. The van der Waals surface area contributed by atoms with Crippen molar-refractivity contribution < 1.29 is 13.2 Å². The third-order valence-corrected chi connectivity index (χ3v) is 2.03. The van der Waals surface area contributed by atoms with Crippen molar-refractivity contribution in [2.75, 3.05) is 0 Å². The lowest BCUT2D eigenvalue weighted by Crippen LogP contribution is -2.11. The molecule has 12 heavy (non-hydrogen) atoms. The maximum atomic E-state index is 12.6. The fraction of sp³-hybridized carbons (Fsp3) is 0.250. The fourth-order valence-electron chi connectivity index (χ4n) is 0.867. The summed E-state index contributed by atoms with van der Waals surface area (Å²) < 4.78 is 32.9. The van der Waals surface area contributed by atoms with Crippen LogP contribution < -0.4 is 0 Å². The first-order valence-electron chi connectivity index (χ1n) is 3.46. The highest BCUT2D eigenvalue weighted by Gasteiger charge is 2.06. The topological polar surface area (TPSA) is 40.1 Å². The molecule has 0 aliphatic rings. The monoisotopic (exact) mass is 187 g/mol. The molecule has 1 rings (SSSR count). The van der Waals surface area contributed by atoms with E-state index >= 15 is 0 Å². The zero-order valence-corrected chi connectivity index (χ0v) is 7.09. The molecular weight excluding hydrogens is 179 g/mol. The molecule has 0 fully saturated rings. The number of rotatable bonds is 3. The van der Waals surface area contributed by atoms with Crippen molar-refractivity contribution in [3.05, 3.63) is 35.9 Å². The largest absolute Gasteiger partial charge is 0.770 e. The Balaban J connectivity index is 2.58. The quantitative estimate of drug-likeness (QED) is 0.671. The zero-order valence-electron chi connectivity index (χ0n) is 6.27. The van der Waals surface area contributed by atoms with Gasteiger partial charge >= 0.3 is 0 Å². The molecule has 0 amide bonds. The van der Waals surface area contributed by atoms with Crippen LogP contribution >= 0.6 is 0 Å². The first-order chi connectivity index (χ1) is 5.70. The van der Waals surface area contributed by atoms with Gasteiger partial charge in [-0.15, -0.1) is 0 Å². The minimum Gasteiger partial charge on any atom is -0.770 e. The minimum absolute atomic E-state index is 0.0725. The van der Waals surface area contributed by atoms with Crippen molar-refractivity contribution in [1.82, 2.24) is 0 Å². The van der Waals surface area contributed by atoms with Gasteiger partial charge in [-0.05, 0) is 16.6 Å². The molecule has 0 saturated carbocycles. The molecule has 66 valence electrons. The summed E-state index contributed by atoms with van der Waals surface area (Å²) >= 11 is -2.63. The van der Waals surface area contributed by atoms with Gasteiger partial charge in [-0.25, -0.2) is 4.39 Å². The lowest BCUT2D eigenvalue weighted by Gasteiger charge is -2.10. The normalized spacial score (nSPS) is 15.5. The van der Waals surface area contributed by atoms with Crippen molar-refractivity contribution in [3.8, 4) is 0 Å². The van der Waals surface area contributed by atoms with Gasteiger partial charge in [0.2, 0.25) is 0 Å². The summed E-state index contributed by atoms with van der Waals surface area (Å²) in [4.78, 5) is 0. The van der Waals surface area contributed by atoms with Gasteiger partial charge in [-0.3, -0.25) is 4.21 Å². The van der Waals surface area contributed by atoms with Crippen LogP contribution in [-0.4, -0.2) is 14.3 Å². The van der Waals surface area contributed by atoms with E-state index in [1.54, 1.807) is 30.3 Å². The number of hydrogen-bond donors (Lipinski definition) is 0. The summed E-state index contributed by atoms with van der Waals surface area (Å²) in [6.45, 7) is 0. The Morgan fingerprint density at radius 2 is 2.00 bits per heavy atom. The average Bonchev–Trinajstić information content (AvgIpc) is 2.06. The Labute approximate surface area is 72.7 Å². The number of benzene rings is 1. The maximum absolute atomic E-state index is 12.6. The molecule has 1 aromatic carbocycles. The van der Waals surface area contributed by atoms with Crippen molar-refractivity contribution in [2.45, 2.75) is 11.9 Å². The first kappa shape index (κ1) is 9.35. The fourth-order valence-corrected chi connectivity index (χ4v) is 1.20. The molecule has 0 saturated heterocycles. The third-order valence-electron chi connectivity index (χ3n) is 1.45. The van der Waals surface area contributed by atoms with E-state index in [0.29, 0.717) is 5.56 Å². The molecule has 2 atom stereocenters. The van der Waals surface area contributed by atoms with Crippen LogP contribution in [0.4, 0.5) is 4.39 Å². The summed E-state index contributed by atoms with van der Waals surface area (Å²) in [7, 11) is 0. The third kappa shape index (κ3) is 2.71. The summed E-state index contributed by atoms with van der Waals surface area (Å²) in [6.07, 6.45) is -0.0725. The molecule has 2 nitrogen and oxygen atoms in total. The van der Waals surface area contributed by atoms with Gasteiger partial charge < -0.3 is 4.55 Å². The SMILES string of the molecule is O=S([O-])C(F)Cc1ccccc1. The van der Waals surface area contributed by atoms with Gasteiger partial charge in [0.15, 0.2) is 5.50 Å². The molecule has 0 radical (unpaired) electrons. The van der Waals surface area contributed by atoms with Gasteiger partial charge in [0.25, 0.3) is 0 Å². The molecule has 0 aromatic heterocycles. The van der Waals surface area contributed by atoms with Crippen molar-refractivity contribution in [2.24, 2.45) is 0 Å². The van der Waals surface area contributed by atoms with Crippen LogP contribution in [0.2, 0.25) is 0 Å². The standard InChI is InChI=1S/C8H9FO2S/c9-8(12(10)11)6-7-4-2-1-3-5-7/h1-5,8H,6H2,(H,10,11)/p-1. The predicted molar refractivity (Wildman–Crippen MR) is 44.0 cm³/mol. The Hall–Kier alpha value is -0.740. The zero-order chi connectivity index (χ0) is 8.97. The summed E-state index contributed by atoms with van der Waals surface area (Å²) in [5.41, 5.74) is -1.11. The van der Waals surface area contributed by atoms with Crippen LogP contribution in [0.3, 0.4) is 0 Å². The van der Waals surface area contributed by atoms with E-state index < -0.39 is 16.6 Å². The molecule has 0 bridgehead atoms. The maximum Gasteiger partial charge on any atom is 0.165 e. The van der Waals surface area contributed by atoms with Crippen LogP contribution in [0.1, 0.15) is 5.56 Å². The van der Waals surface area contributed by atoms with E-state index in [4.69, 9.17) is 0 Å². The van der Waals surface area contributed by atoms with Crippen LogP contribution in [-0.2, 0) is 17.5 Å². The Morgan fingerprint density at radius 3 is 2.50 bits per heavy atom. The summed E-state index contributed by atoms with van der Waals surface area (Å²) in [6, 6.07) is 8.68. The summed E-state index contributed by atoms with van der Waals surface area (Å²) in [5.74, 6) is 0. The van der Waals surface area contributed by atoms with Gasteiger partial charge in [-0.1, -0.05) is 30.3 Å². The second kappa shape index (κ2) is 4.33. The highest BCUT2D eigenvalue weighted by molar-refractivity contribution is 7.79. The van der Waals surface area contributed by atoms with E-state index in [0.717, 1.165) is 0 Å².